The van der Waals surface area contributed by atoms with Crippen LogP contribution >= 0.6 is 11.3 Å². The number of carbonyl (C=O) groups excluding carboxylic acids is 1. The lowest BCUT2D eigenvalue weighted by molar-refractivity contribution is 0.0928. The molecule has 3 rings (SSSR count). The summed E-state index contributed by atoms with van der Waals surface area (Å²) < 4.78 is 40.1. The Hall–Kier alpha value is -1.51. The molecule has 0 bridgehead atoms. The van der Waals surface area contributed by atoms with Crippen molar-refractivity contribution in [3.63, 3.8) is 0 Å². The summed E-state index contributed by atoms with van der Waals surface area (Å²) in [6, 6.07) is 6.31. The fraction of sp³-hybridized carbons (Fsp3) is 0.471. The largest absolute Gasteiger partial charge is 0.349 e. The van der Waals surface area contributed by atoms with Crippen LogP contribution in [0.25, 0.3) is 10.1 Å². The minimum Gasteiger partial charge on any atom is -0.349 e. The molecular formula is C17H21FN2O3S2. The average Bonchev–Trinajstić information content (AvgIpc) is 3.01. The normalized spacial score (nSPS) is 17.0. The third-order valence-electron chi connectivity index (χ3n) is 4.38. The van der Waals surface area contributed by atoms with Crippen LogP contribution in [-0.4, -0.2) is 43.5 Å². The number of nitrogens with one attached hydrogen (secondary N) is 1. The summed E-state index contributed by atoms with van der Waals surface area (Å²) in [5.74, 6) is -0.394. The molecule has 1 N–H and O–H groups in total. The molecule has 2 heterocycles. The maximum atomic E-state index is 13.8. The molecule has 1 aliphatic heterocycles. The molecule has 1 aliphatic rings. The first-order valence-corrected chi connectivity index (χ1v) is 10.8. The highest BCUT2D eigenvalue weighted by atomic mass is 32.2. The van der Waals surface area contributed by atoms with E-state index in [1.165, 1.54) is 21.7 Å². The van der Waals surface area contributed by atoms with Crippen molar-refractivity contribution in [2.24, 2.45) is 0 Å². The van der Waals surface area contributed by atoms with Gasteiger partial charge in [0.2, 0.25) is 10.0 Å². The van der Waals surface area contributed by atoms with Gasteiger partial charge in [-0.3, -0.25) is 4.79 Å². The van der Waals surface area contributed by atoms with Crippen LogP contribution in [-0.2, 0) is 10.0 Å². The highest BCUT2D eigenvalue weighted by Gasteiger charge is 2.28. The highest BCUT2D eigenvalue weighted by Crippen LogP contribution is 2.28. The Balaban J connectivity index is 1.61. The molecule has 25 heavy (non-hydrogen) atoms. The van der Waals surface area contributed by atoms with Crippen molar-refractivity contribution in [1.29, 1.82) is 0 Å². The Morgan fingerprint density at radius 1 is 1.36 bits per heavy atom. The summed E-state index contributed by atoms with van der Waals surface area (Å²) in [5, 5.41) is 3.40. The van der Waals surface area contributed by atoms with Gasteiger partial charge in [-0.05, 0) is 37.5 Å². The average molecular weight is 384 g/mol. The zero-order valence-corrected chi connectivity index (χ0v) is 15.6. The molecule has 0 unspecified atom stereocenters. The molecular weight excluding hydrogens is 363 g/mol. The zero-order chi connectivity index (χ0) is 18.0. The van der Waals surface area contributed by atoms with E-state index >= 15 is 0 Å². The van der Waals surface area contributed by atoms with Crippen LogP contribution in [0.3, 0.4) is 0 Å². The van der Waals surface area contributed by atoms with E-state index in [0.29, 0.717) is 42.6 Å². The number of piperidine rings is 1. The molecule has 0 saturated carbocycles. The van der Waals surface area contributed by atoms with E-state index in [1.54, 1.807) is 18.2 Å². The number of amides is 1. The number of halogens is 1. The second kappa shape index (κ2) is 7.39. The minimum absolute atomic E-state index is 0.0596. The first-order valence-electron chi connectivity index (χ1n) is 8.37. The number of benzene rings is 1. The summed E-state index contributed by atoms with van der Waals surface area (Å²) in [7, 11) is -3.18. The van der Waals surface area contributed by atoms with E-state index in [9.17, 15) is 17.6 Å². The molecule has 0 radical (unpaired) electrons. The number of nitrogens with zero attached hydrogens (tertiary/aromatic N) is 1. The molecule has 1 aromatic heterocycles. The quantitative estimate of drug-likeness (QED) is 0.862. The third-order valence-corrected chi connectivity index (χ3v) is 7.55. The molecule has 0 spiro atoms. The molecule has 1 amide bonds. The van der Waals surface area contributed by atoms with Crippen LogP contribution in [0.2, 0.25) is 0 Å². The van der Waals surface area contributed by atoms with Gasteiger partial charge in [0.1, 0.15) is 5.82 Å². The molecule has 1 aromatic carbocycles. The van der Waals surface area contributed by atoms with Gasteiger partial charge < -0.3 is 5.32 Å². The molecule has 2 aromatic rings. The summed E-state index contributed by atoms with van der Waals surface area (Å²) >= 11 is 1.26. The smallest absolute Gasteiger partial charge is 0.261 e. The van der Waals surface area contributed by atoms with Crippen molar-refractivity contribution in [2.45, 2.75) is 32.2 Å². The lowest BCUT2D eigenvalue weighted by Crippen LogP contribution is -2.46. The second-order valence-electron chi connectivity index (χ2n) is 6.23. The summed E-state index contributed by atoms with van der Waals surface area (Å²) in [5.41, 5.74) is 0. The van der Waals surface area contributed by atoms with Crippen LogP contribution in [0.4, 0.5) is 4.39 Å². The fourth-order valence-corrected chi connectivity index (χ4v) is 5.58. The van der Waals surface area contributed by atoms with E-state index in [4.69, 9.17) is 0 Å². The Bertz CT molecular complexity index is 871. The lowest BCUT2D eigenvalue weighted by atomic mass is 10.1. The predicted molar refractivity (Wildman–Crippen MR) is 97.9 cm³/mol. The van der Waals surface area contributed by atoms with Crippen molar-refractivity contribution in [2.75, 3.05) is 18.8 Å². The van der Waals surface area contributed by atoms with Crippen LogP contribution in [0.15, 0.2) is 24.3 Å². The third kappa shape index (κ3) is 4.02. The van der Waals surface area contributed by atoms with E-state index in [-0.39, 0.29) is 23.5 Å². The standard InChI is InChI=1S/C17H21FN2O3S2/c1-2-10-25(22,23)20-8-6-12(7-9-20)19-17(21)16-11-13-14(18)4-3-5-15(13)24-16/h3-5,11-12H,2,6-10H2,1H3,(H,19,21). The highest BCUT2D eigenvalue weighted by molar-refractivity contribution is 7.89. The lowest BCUT2D eigenvalue weighted by Gasteiger charge is -2.31. The number of sulfonamides is 1. The molecule has 8 heteroatoms. The van der Waals surface area contributed by atoms with E-state index in [2.05, 4.69) is 5.32 Å². The Morgan fingerprint density at radius 2 is 2.08 bits per heavy atom. The summed E-state index contributed by atoms with van der Waals surface area (Å²) in [6.07, 6.45) is 1.78. The number of hydrogen-bond acceptors (Lipinski definition) is 4. The van der Waals surface area contributed by atoms with E-state index < -0.39 is 10.0 Å². The van der Waals surface area contributed by atoms with Crippen molar-refractivity contribution in [3.05, 3.63) is 35.0 Å². The Morgan fingerprint density at radius 3 is 2.72 bits per heavy atom. The molecule has 136 valence electrons. The zero-order valence-electron chi connectivity index (χ0n) is 14.0. The first-order chi connectivity index (χ1) is 11.9. The van der Waals surface area contributed by atoms with Crippen molar-refractivity contribution >= 4 is 37.4 Å². The summed E-state index contributed by atoms with van der Waals surface area (Å²) in [4.78, 5) is 12.9. The SMILES string of the molecule is CCCS(=O)(=O)N1CCC(NC(=O)c2cc3c(F)cccc3s2)CC1. The molecule has 0 atom stereocenters. The van der Waals surface area contributed by atoms with Gasteiger partial charge in [0.15, 0.2) is 0 Å². The van der Waals surface area contributed by atoms with E-state index in [1.807, 2.05) is 6.92 Å². The van der Waals surface area contributed by atoms with Gasteiger partial charge in [-0.25, -0.2) is 17.1 Å². The van der Waals surface area contributed by atoms with E-state index in [0.717, 1.165) is 4.70 Å². The molecule has 1 fully saturated rings. The minimum atomic E-state index is -3.18. The monoisotopic (exact) mass is 384 g/mol. The Kier molecular flexibility index (Phi) is 5.41. The maximum absolute atomic E-state index is 13.8. The van der Waals surface area contributed by atoms with Crippen LogP contribution in [0.1, 0.15) is 35.9 Å². The molecule has 5 nitrogen and oxygen atoms in total. The maximum Gasteiger partial charge on any atom is 0.261 e. The first kappa shape index (κ1) is 18.3. The number of hydrogen-bond donors (Lipinski definition) is 1. The number of thiophene rings is 1. The van der Waals surface area contributed by atoms with Crippen molar-refractivity contribution < 1.29 is 17.6 Å². The van der Waals surface area contributed by atoms with Gasteiger partial charge in [0, 0.05) is 29.2 Å². The number of rotatable bonds is 5. The van der Waals surface area contributed by atoms with Gasteiger partial charge in [0.05, 0.1) is 10.6 Å². The topological polar surface area (TPSA) is 66.5 Å². The molecule has 0 aliphatic carbocycles. The number of fused-ring (bicyclic) bond motifs is 1. The van der Waals surface area contributed by atoms with Crippen LogP contribution in [0, 0.1) is 5.82 Å². The van der Waals surface area contributed by atoms with Gasteiger partial charge in [0.25, 0.3) is 5.91 Å². The van der Waals surface area contributed by atoms with Gasteiger partial charge in [-0.1, -0.05) is 13.0 Å². The van der Waals surface area contributed by atoms with Gasteiger partial charge in [-0.2, -0.15) is 0 Å². The molecule has 1 saturated heterocycles. The predicted octanol–water partition coefficient (Wildman–Crippen LogP) is 2.97. The van der Waals surface area contributed by atoms with Gasteiger partial charge in [-0.15, -0.1) is 11.3 Å². The van der Waals surface area contributed by atoms with Crippen molar-refractivity contribution in [3.8, 4) is 0 Å². The Labute approximate surface area is 150 Å². The fourth-order valence-electron chi connectivity index (χ4n) is 3.06. The van der Waals surface area contributed by atoms with Crippen LogP contribution in [0.5, 0.6) is 0 Å². The van der Waals surface area contributed by atoms with Crippen molar-refractivity contribution in [1.82, 2.24) is 9.62 Å². The number of carbonyl (C=O) groups is 1. The van der Waals surface area contributed by atoms with Crippen LogP contribution < -0.4 is 5.32 Å². The van der Waals surface area contributed by atoms with Gasteiger partial charge >= 0.3 is 0 Å². The second-order valence-corrected chi connectivity index (χ2v) is 9.40. The summed E-state index contributed by atoms with van der Waals surface area (Å²) in [6.45, 7) is 2.70.